The van der Waals surface area contributed by atoms with Crippen LogP contribution in [0, 0.1) is 5.82 Å². The van der Waals surface area contributed by atoms with Crippen LogP contribution in [0.3, 0.4) is 0 Å². The van der Waals surface area contributed by atoms with Crippen molar-refractivity contribution in [3.05, 3.63) is 102 Å². The molecule has 11 heteroatoms. The van der Waals surface area contributed by atoms with Gasteiger partial charge in [0.05, 0.1) is 35.4 Å². The first-order valence-corrected chi connectivity index (χ1v) is 14.4. The molecule has 0 saturated heterocycles. The summed E-state index contributed by atoms with van der Waals surface area (Å²) in [6.07, 6.45) is -7.48. The number of aromatic nitrogens is 1. The van der Waals surface area contributed by atoms with Crippen LogP contribution in [-0.2, 0) is 17.5 Å². The number of hydrogen-bond donors (Lipinski definition) is 4. The average Bonchev–Trinajstić information content (AvgIpc) is 3.32. The second-order valence-electron chi connectivity index (χ2n) is 11.1. The maximum absolute atomic E-state index is 14.1. The van der Waals surface area contributed by atoms with Crippen LogP contribution in [-0.4, -0.2) is 44.0 Å². The first-order valence-electron chi connectivity index (χ1n) is 14.4. The van der Waals surface area contributed by atoms with Gasteiger partial charge in [-0.05, 0) is 78.4 Å². The quantitative estimate of drug-likeness (QED) is 0.123. The van der Waals surface area contributed by atoms with Crippen molar-refractivity contribution in [3.63, 3.8) is 0 Å². The van der Waals surface area contributed by atoms with Gasteiger partial charge in [0.25, 0.3) is 5.91 Å². The first-order chi connectivity index (χ1) is 21.3. The fraction of sp³-hybridized carbons (Fsp3) is 0.294. The number of aliphatic carboxylic acids is 1. The lowest BCUT2D eigenvalue weighted by Crippen LogP contribution is -2.22. The van der Waals surface area contributed by atoms with Crippen LogP contribution >= 0.6 is 0 Å². The van der Waals surface area contributed by atoms with Crippen LogP contribution in [0.5, 0.6) is 0 Å². The fourth-order valence-electron chi connectivity index (χ4n) is 5.42. The molecule has 7 nitrogen and oxygen atoms in total. The van der Waals surface area contributed by atoms with Gasteiger partial charge in [0.15, 0.2) is 0 Å². The highest BCUT2D eigenvalue weighted by atomic mass is 19.4. The van der Waals surface area contributed by atoms with Crippen molar-refractivity contribution in [2.75, 3.05) is 5.32 Å². The molecule has 0 spiro atoms. The van der Waals surface area contributed by atoms with E-state index in [1.54, 1.807) is 24.3 Å². The lowest BCUT2D eigenvalue weighted by molar-refractivity contribution is -0.139. The van der Waals surface area contributed by atoms with Crippen LogP contribution in [0.4, 0.5) is 23.2 Å². The minimum Gasteiger partial charge on any atom is -0.481 e. The normalized spacial score (nSPS) is 13.1. The van der Waals surface area contributed by atoms with Crippen LogP contribution < -0.4 is 5.32 Å². The largest absolute Gasteiger partial charge is 0.481 e. The summed E-state index contributed by atoms with van der Waals surface area (Å²) in [6.45, 7) is 3.89. The number of carbonyl (C=O) groups excluding carboxylic acids is 1. The smallest absolute Gasteiger partial charge is 0.416 e. The molecule has 2 unspecified atom stereocenters. The fourth-order valence-corrected chi connectivity index (χ4v) is 5.42. The predicted molar refractivity (Wildman–Crippen MR) is 162 cm³/mol. The van der Waals surface area contributed by atoms with Crippen molar-refractivity contribution in [2.24, 2.45) is 0 Å². The number of benzene rings is 3. The Balaban J connectivity index is 1.87. The van der Waals surface area contributed by atoms with E-state index in [2.05, 4.69) is 5.32 Å². The first kappa shape index (κ1) is 33.4. The third-order valence-electron chi connectivity index (χ3n) is 7.37. The number of nitrogens with zero attached hydrogens (tertiary/aromatic N) is 1. The number of rotatable bonds is 12. The summed E-state index contributed by atoms with van der Waals surface area (Å²) >= 11 is 0. The number of hydrogen-bond acceptors (Lipinski definition) is 4. The van der Waals surface area contributed by atoms with Crippen LogP contribution in [0.1, 0.15) is 60.6 Å². The van der Waals surface area contributed by atoms with E-state index in [-0.39, 0.29) is 36.6 Å². The van der Waals surface area contributed by atoms with E-state index in [1.165, 1.54) is 24.3 Å². The molecule has 4 aromatic rings. The SMILES string of the molecule is CC(C)c1c(C(=O)Nc2ccc(C(F)(F)F)cc2)c(-c2ccccc2)c(-c2ccc(F)cc2)n1CCC(O)CC(O)CC(=O)O. The molecule has 1 aromatic heterocycles. The van der Waals surface area contributed by atoms with Gasteiger partial charge in [-0.3, -0.25) is 9.59 Å². The Hall–Kier alpha value is -4.48. The lowest BCUT2D eigenvalue weighted by Gasteiger charge is -2.20. The van der Waals surface area contributed by atoms with Gasteiger partial charge in [-0.2, -0.15) is 13.2 Å². The molecule has 0 saturated carbocycles. The zero-order chi connectivity index (χ0) is 32.9. The Morgan fingerprint density at radius 3 is 2.04 bits per heavy atom. The summed E-state index contributed by atoms with van der Waals surface area (Å²) in [5.41, 5.74) is 2.42. The van der Waals surface area contributed by atoms with Crippen molar-refractivity contribution in [2.45, 2.75) is 64.0 Å². The Labute approximate surface area is 257 Å². The Morgan fingerprint density at radius 2 is 1.49 bits per heavy atom. The maximum atomic E-state index is 14.1. The molecule has 1 heterocycles. The molecular formula is C34H34F4N2O5. The number of amides is 1. The highest BCUT2D eigenvalue weighted by Crippen LogP contribution is 2.43. The summed E-state index contributed by atoms with van der Waals surface area (Å²) in [7, 11) is 0. The van der Waals surface area contributed by atoms with Gasteiger partial charge in [-0.1, -0.05) is 44.2 Å². The number of aliphatic hydroxyl groups excluding tert-OH is 2. The number of nitrogens with one attached hydrogen (secondary N) is 1. The Bertz CT molecular complexity index is 1620. The standard InChI is InChI=1S/C34H34F4N2O5/c1-20(2)31-30(33(45)39-25-14-10-23(11-15-25)34(36,37)38)29(21-6-4-3-5-7-21)32(22-8-12-24(35)13-9-22)40(31)17-16-26(41)18-27(42)19-28(43)44/h3-15,20,26-27,41-42H,16-19H2,1-2H3,(H,39,45)(H,43,44). The van der Waals surface area contributed by atoms with E-state index in [4.69, 9.17) is 5.11 Å². The highest BCUT2D eigenvalue weighted by molar-refractivity contribution is 6.12. The molecule has 4 rings (SSSR count). The third kappa shape index (κ3) is 8.17. The molecule has 0 fully saturated rings. The lowest BCUT2D eigenvalue weighted by atomic mass is 9.94. The molecule has 1 amide bonds. The van der Waals surface area contributed by atoms with Gasteiger partial charge in [0, 0.05) is 23.5 Å². The van der Waals surface area contributed by atoms with E-state index < -0.39 is 48.1 Å². The molecule has 3 aromatic carbocycles. The number of carboxylic acid groups (broad SMARTS) is 1. The monoisotopic (exact) mass is 626 g/mol. The number of halogens is 4. The number of anilines is 1. The van der Waals surface area contributed by atoms with E-state index in [0.717, 1.165) is 12.1 Å². The molecule has 4 N–H and O–H groups in total. The molecule has 45 heavy (non-hydrogen) atoms. The van der Waals surface area contributed by atoms with Gasteiger partial charge in [-0.25, -0.2) is 4.39 Å². The molecule has 0 bridgehead atoms. The van der Waals surface area contributed by atoms with Gasteiger partial charge in [0.2, 0.25) is 0 Å². The molecule has 0 radical (unpaired) electrons. The van der Waals surface area contributed by atoms with Gasteiger partial charge in [0.1, 0.15) is 5.82 Å². The van der Waals surface area contributed by atoms with Crippen molar-refractivity contribution < 1.29 is 42.5 Å². The van der Waals surface area contributed by atoms with E-state index in [0.29, 0.717) is 28.1 Å². The number of alkyl halides is 3. The molecular weight excluding hydrogens is 592 g/mol. The number of carboxylic acids is 1. The molecule has 0 aliphatic heterocycles. The predicted octanol–water partition coefficient (Wildman–Crippen LogP) is 7.33. The van der Waals surface area contributed by atoms with E-state index >= 15 is 0 Å². The van der Waals surface area contributed by atoms with Gasteiger partial charge in [-0.15, -0.1) is 0 Å². The summed E-state index contributed by atoms with van der Waals surface area (Å²) in [6, 6.07) is 18.8. The summed E-state index contributed by atoms with van der Waals surface area (Å²) < 4.78 is 55.3. The Kier molecular flexibility index (Phi) is 10.5. The second-order valence-corrected chi connectivity index (χ2v) is 11.1. The van der Waals surface area contributed by atoms with Crippen molar-refractivity contribution in [1.29, 1.82) is 0 Å². The summed E-state index contributed by atoms with van der Waals surface area (Å²) in [5, 5.41) is 32.5. The van der Waals surface area contributed by atoms with E-state index in [9.17, 15) is 37.4 Å². The van der Waals surface area contributed by atoms with Crippen LogP contribution in [0.25, 0.3) is 22.4 Å². The molecule has 238 valence electrons. The maximum Gasteiger partial charge on any atom is 0.416 e. The molecule has 0 aliphatic carbocycles. The van der Waals surface area contributed by atoms with Crippen LogP contribution in [0.15, 0.2) is 78.9 Å². The van der Waals surface area contributed by atoms with Crippen molar-refractivity contribution >= 4 is 17.6 Å². The van der Waals surface area contributed by atoms with Crippen molar-refractivity contribution in [3.8, 4) is 22.4 Å². The number of carbonyl (C=O) groups is 2. The highest BCUT2D eigenvalue weighted by Gasteiger charge is 2.32. The third-order valence-corrected chi connectivity index (χ3v) is 7.37. The van der Waals surface area contributed by atoms with Gasteiger partial charge >= 0.3 is 12.1 Å². The average molecular weight is 627 g/mol. The zero-order valence-corrected chi connectivity index (χ0v) is 24.7. The summed E-state index contributed by atoms with van der Waals surface area (Å²) in [5.74, 6) is -2.51. The topological polar surface area (TPSA) is 112 Å². The minimum atomic E-state index is -4.54. The minimum absolute atomic E-state index is 0.0907. The van der Waals surface area contributed by atoms with E-state index in [1.807, 2.05) is 36.6 Å². The molecule has 0 aliphatic rings. The number of aliphatic hydroxyl groups is 2. The Morgan fingerprint density at radius 1 is 0.867 bits per heavy atom. The zero-order valence-electron chi connectivity index (χ0n) is 24.7. The summed E-state index contributed by atoms with van der Waals surface area (Å²) in [4.78, 5) is 25.1. The second kappa shape index (κ2) is 14.1. The van der Waals surface area contributed by atoms with Crippen LogP contribution in [0.2, 0.25) is 0 Å². The molecule has 2 atom stereocenters. The van der Waals surface area contributed by atoms with Crippen molar-refractivity contribution in [1.82, 2.24) is 4.57 Å². The van der Waals surface area contributed by atoms with Gasteiger partial charge < -0.3 is 25.2 Å².